The molecule has 1 heterocycles. The fourth-order valence-corrected chi connectivity index (χ4v) is 3.18. The summed E-state index contributed by atoms with van der Waals surface area (Å²) in [5.41, 5.74) is 14.6. The summed E-state index contributed by atoms with van der Waals surface area (Å²) in [7, 11) is 0. The molecule has 0 aliphatic carbocycles. The van der Waals surface area contributed by atoms with Crippen LogP contribution in [-0.2, 0) is 0 Å². The first kappa shape index (κ1) is 17.7. The summed E-state index contributed by atoms with van der Waals surface area (Å²) < 4.78 is 11.7. The Bertz CT molecular complexity index is 868. The van der Waals surface area contributed by atoms with Crippen molar-refractivity contribution in [1.29, 1.82) is 5.26 Å². The van der Waals surface area contributed by atoms with Gasteiger partial charge in [0.2, 0.25) is 5.88 Å². The molecule has 0 saturated heterocycles. The largest absolute Gasteiger partial charge is 0.493 e. The quantitative estimate of drug-likeness (QED) is 0.606. The highest BCUT2D eigenvalue weighted by molar-refractivity contribution is 5.61. The van der Waals surface area contributed by atoms with Crippen molar-refractivity contribution in [2.75, 3.05) is 12.3 Å². The molecule has 0 unspecified atom stereocenters. The highest BCUT2D eigenvalue weighted by Crippen LogP contribution is 2.45. The third kappa shape index (κ3) is 3.45. The fourth-order valence-electron chi connectivity index (χ4n) is 3.18. The zero-order chi connectivity index (χ0) is 18.5. The minimum Gasteiger partial charge on any atom is -0.493 e. The van der Waals surface area contributed by atoms with Crippen LogP contribution in [0.1, 0.15) is 43.2 Å². The van der Waals surface area contributed by atoms with Crippen molar-refractivity contribution < 1.29 is 9.47 Å². The number of hydrogen-bond acceptors (Lipinski definition) is 5. The molecule has 3 rings (SSSR count). The molecule has 2 aromatic carbocycles. The second-order valence-corrected chi connectivity index (χ2v) is 6.32. The lowest BCUT2D eigenvalue weighted by molar-refractivity contribution is 0.302. The molecular weight excluding hydrogens is 326 g/mol. The number of hydrogen-bond donors (Lipinski definition) is 2. The average molecular weight is 349 g/mol. The number of nitrogens with two attached hydrogens (primary N) is 2. The monoisotopic (exact) mass is 349 g/mol. The summed E-state index contributed by atoms with van der Waals surface area (Å²) >= 11 is 0. The second-order valence-electron chi connectivity index (χ2n) is 6.32. The zero-order valence-electron chi connectivity index (χ0n) is 14.9. The molecule has 0 radical (unpaired) electrons. The minimum atomic E-state index is -0.341. The first-order chi connectivity index (χ1) is 12.7. The number of para-hydroxylation sites is 1. The smallest absolute Gasteiger partial charge is 0.205 e. The predicted octanol–water partition coefficient (Wildman–Crippen LogP) is 4.06. The highest BCUT2D eigenvalue weighted by Gasteiger charge is 2.32. The number of unbranched alkanes of at least 4 members (excludes halogenated alkanes) is 2. The van der Waals surface area contributed by atoms with Crippen molar-refractivity contribution >= 4 is 5.69 Å². The van der Waals surface area contributed by atoms with Crippen molar-refractivity contribution in [1.82, 2.24) is 0 Å². The third-order valence-electron chi connectivity index (χ3n) is 4.48. The maximum atomic E-state index is 9.68. The van der Waals surface area contributed by atoms with E-state index in [1.807, 2.05) is 30.3 Å². The van der Waals surface area contributed by atoms with Gasteiger partial charge in [0, 0.05) is 22.9 Å². The number of ether oxygens (including phenoxy) is 2. The summed E-state index contributed by atoms with van der Waals surface area (Å²) in [4.78, 5) is 0. The van der Waals surface area contributed by atoms with Crippen molar-refractivity contribution in [2.45, 2.75) is 32.1 Å². The summed E-state index contributed by atoms with van der Waals surface area (Å²) in [6, 6.07) is 15.4. The van der Waals surface area contributed by atoms with Crippen LogP contribution in [-0.4, -0.2) is 6.61 Å². The molecule has 0 fully saturated rings. The van der Waals surface area contributed by atoms with Crippen molar-refractivity contribution in [3.8, 4) is 17.6 Å². The minimum absolute atomic E-state index is 0.108. The Morgan fingerprint density at radius 2 is 1.92 bits per heavy atom. The lowest BCUT2D eigenvalue weighted by Gasteiger charge is -2.27. The number of nitriles is 1. The first-order valence-corrected chi connectivity index (χ1v) is 8.84. The molecule has 0 saturated carbocycles. The van der Waals surface area contributed by atoms with Crippen LogP contribution in [0.4, 0.5) is 5.69 Å². The number of nitrogen functional groups attached to an aromatic ring is 1. The molecule has 0 aromatic heterocycles. The van der Waals surface area contributed by atoms with Gasteiger partial charge in [0.05, 0.1) is 12.5 Å². The van der Waals surface area contributed by atoms with Gasteiger partial charge in [0.15, 0.2) is 0 Å². The Morgan fingerprint density at radius 1 is 1.12 bits per heavy atom. The van der Waals surface area contributed by atoms with Gasteiger partial charge in [-0.15, -0.1) is 0 Å². The number of allylic oxidation sites excluding steroid dienone is 1. The SMILES string of the molecule is CCCCCOc1ccccc1[C@H]1C(C#N)=C(N)Oc2cc(N)ccc21. The molecule has 5 nitrogen and oxygen atoms in total. The Kier molecular flexibility index (Phi) is 5.33. The van der Waals surface area contributed by atoms with Crippen LogP contribution in [0, 0.1) is 11.3 Å². The molecule has 0 spiro atoms. The van der Waals surface area contributed by atoms with Crippen LogP contribution in [0.5, 0.6) is 11.5 Å². The van der Waals surface area contributed by atoms with Crippen molar-refractivity contribution in [3.63, 3.8) is 0 Å². The van der Waals surface area contributed by atoms with Crippen molar-refractivity contribution in [3.05, 3.63) is 65.0 Å². The molecule has 134 valence electrons. The van der Waals surface area contributed by atoms with Gasteiger partial charge < -0.3 is 20.9 Å². The lowest BCUT2D eigenvalue weighted by Crippen LogP contribution is -2.21. The van der Waals surface area contributed by atoms with Crippen LogP contribution >= 0.6 is 0 Å². The van der Waals surface area contributed by atoms with Gasteiger partial charge >= 0.3 is 0 Å². The Labute approximate surface area is 153 Å². The maximum Gasteiger partial charge on any atom is 0.205 e. The van der Waals surface area contributed by atoms with E-state index in [1.165, 1.54) is 0 Å². The van der Waals surface area contributed by atoms with Gasteiger partial charge in [-0.2, -0.15) is 5.26 Å². The van der Waals surface area contributed by atoms with E-state index in [1.54, 1.807) is 12.1 Å². The summed E-state index contributed by atoms with van der Waals surface area (Å²) in [6.07, 6.45) is 3.25. The standard InChI is InChI=1S/C21H23N3O2/c1-2-3-6-11-25-18-8-5-4-7-15(18)20-16-10-9-14(23)12-19(16)26-21(24)17(20)13-22/h4-5,7-10,12,20H,2-3,6,11,23-24H2,1H3/t20-/m1/s1. The average Bonchev–Trinajstić information content (AvgIpc) is 2.64. The summed E-state index contributed by atoms with van der Waals surface area (Å²) in [6.45, 7) is 2.80. The van der Waals surface area contributed by atoms with E-state index < -0.39 is 0 Å². The molecule has 1 aliphatic rings. The van der Waals surface area contributed by atoms with Gasteiger partial charge in [-0.1, -0.05) is 44.0 Å². The lowest BCUT2D eigenvalue weighted by atomic mass is 9.83. The molecule has 26 heavy (non-hydrogen) atoms. The molecule has 5 heteroatoms. The fraction of sp³-hybridized carbons (Fsp3) is 0.286. The maximum absolute atomic E-state index is 9.68. The second kappa shape index (κ2) is 7.83. The van der Waals surface area contributed by atoms with Crippen LogP contribution in [0.15, 0.2) is 53.9 Å². The van der Waals surface area contributed by atoms with E-state index in [4.69, 9.17) is 20.9 Å². The predicted molar refractivity (Wildman–Crippen MR) is 102 cm³/mol. The van der Waals surface area contributed by atoms with Gasteiger partial charge in [0.1, 0.15) is 23.1 Å². The number of benzene rings is 2. The van der Waals surface area contributed by atoms with Crippen LogP contribution < -0.4 is 20.9 Å². The normalized spacial score (nSPS) is 15.8. The van der Waals surface area contributed by atoms with Gasteiger partial charge in [0.25, 0.3) is 0 Å². The molecule has 4 N–H and O–H groups in total. The third-order valence-corrected chi connectivity index (χ3v) is 4.48. The van der Waals surface area contributed by atoms with Gasteiger partial charge in [-0.05, 0) is 18.6 Å². The van der Waals surface area contributed by atoms with E-state index in [2.05, 4.69) is 13.0 Å². The molecule has 0 amide bonds. The van der Waals surface area contributed by atoms with Crippen LogP contribution in [0.25, 0.3) is 0 Å². The Morgan fingerprint density at radius 3 is 2.69 bits per heavy atom. The molecule has 1 aliphatic heterocycles. The number of fused-ring (bicyclic) bond motifs is 1. The molecule has 2 aromatic rings. The number of rotatable bonds is 6. The molecule has 0 bridgehead atoms. The van der Waals surface area contributed by atoms with Crippen molar-refractivity contribution in [2.24, 2.45) is 5.73 Å². The number of anilines is 1. The van der Waals surface area contributed by atoms with Crippen LogP contribution in [0.2, 0.25) is 0 Å². The van der Waals surface area contributed by atoms with E-state index in [0.717, 1.165) is 36.1 Å². The summed E-state index contributed by atoms with van der Waals surface area (Å²) in [5.74, 6) is 1.11. The van der Waals surface area contributed by atoms with E-state index in [9.17, 15) is 5.26 Å². The topological polar surface area (TPSA) is 94.3 Å². The first-order valence-electron chi connectivity index (χ1n) is 8.84. The Hall–Kier alpha value is -3.13. The highest BCUT2D eigenvalue weighted by atomic mass is 16.5. The summed E-state index contributed by atoms with van der Waals surface area (Å²) in [5, 5.41) is 9.68. The molecule has 1 atom stereocenters. The zero-order valence-corrected chi connectivity index (χ0v) is 14.9. The number of nitrogens with zero attached hydrogens (tertiary/aromatic N) is 1. The van der Waals surface area contributed by atoms with E-state index in [0.29, 0.717) is 23.6 Å². The van der Waals surface area contributed by atoms with Crippen LogP contribution in [0.3, 0.4) is 0 Å². The van der Waals surface area contributed by atoms with Gasteiger partial charge in [-0.25, -0.2) is 0 Å². The van der Waals surface area contributed by atoms with E-state index in [-0.39, 0.29) is 11.8 Å². The Balaban J connectivity index is 2.04. The van der Waals surface area contributed by atoms with E-state index >= 15 is 0 Å². The van der Waals surface area contributed by atoms with Gasteiger partial charge in [-0.3, -0.25) is 0 Å². The molecular formula is C21H23N3O2.